The first-order valence-corrected chi connectivity index (χ1v) is 9.50. The second-order valence-electron chi connectivity index (χ2n) is 6.73. The number of hydrogen-bond donors (Lipinski definition) is 1. The van der Waals surface area contributed by atoms with Crippen LogP contribution < -0.4 is 14.8 Å². The van der Waals surface area contributed by atoms with Gasteiger partial charge < -0.3 is 19.5 Å². The Labute approximate surface area is 169 Å². The van der Waals surface area contributed by atoms with Gasteiger partial charge in [0.15, 0.2) is 6.61 Å². The van der Waals surface area contributed by atoms with Gasteiger partial charge in [-0.05, 0) is 36.6 Å². The van der Waals surface area contributed by atoms with Crippen LogP contribution in [0.4, 0.5) is 5.82 Å². The van der Waals surface area contributed by atoms with Gasteiger partial charge in [0.05, 0.1) is 26.5 Å². The molecule has 8 nitrogen and oxygen atoms in total. The number of esters is 1. The van der Waals surface area contributed by atoms with Gasteiger partial charge in [0, 0.05) is 18.2 Å². The number of rotatable bonds is 8. The van der Waals surface area contributed by atoms with Crippen LogP contribution in [0.3, 0.4) is 0 Å². The van der Waals surface area contributed by atoms with Crippen molar-refractivity contribution >= 4 is 23.8 Å². The van der Waals surface area contributed by atoms with Crippen LogP contribution in [-0.4, -0.2) is 42.5 Å². The van der Waals surface area contributed by atoms with E-state index >= 15 is 0 Å². The molecule has 0 unspecified atom stereocenters. The zero-order valence-corrected chi connectivity index (χ0v) is 16.6. The van der Waals surface area contributed by atoms with E-state index in [9.17, 15) is 9.59 Å². The number of benzene rings is 1. The minimum Gasteiger partial charge on any atom is -0.497 e. The van der Waals surface area contributed by atoms with E-state index in [0.29, 0.717) is 28.9 Å². The predicted octanol–water partition coefficient (Wildman–Crippen LogP) is 3.21. The molecule has 154 valence electrons. The van der Waals surface area contributed by atoms with E-state index in [4.69, 9.17) is 14.2 Å². The molecule has 1 aromatic carbocycles. The van der Waals surface area contributed by atoms with E-state index in [-0.39, 0.29) is 6.61 Å². The fourth-order valence-electron chi connectivity index (χ4n) is 3.31. The lowest BCUT2D eigenvalue weighted by molar-refractivity contribution is -0.142. The average Bonchev–Trinajstić information content (AvgIpc) is 3.42. The van der Waals surface area contributed by atoms with E-state index in [1.54, 1.807) is 50.8 Å². The zero-order valence-electron chi connectivity index (χ0n) is 16.6. The molecule has 0 spiro atoms. The van der Waals surface area contributed by atoms with Crippen molar-refractivity contribution < 1.29 is 23.8 Å². The second-order valence-corrected chi connectivity index (χ2v) is 6.73. The van der Waals surface area contributed by atoms with Crippen molar-refractivity contribution in [2.24, 2.45) is 0 Å². The minimum absolute atomic E-state index is 0.311. The second kappa shape index (κ2) is 9.77. The number of carbonyl (C=O) groups excluding carboxylic acids is 2. The van der Waals surface area contributed by atoms with Gasteiger partial charge in [0.25, 0.3) is 5.91 Å². The molecule has 0 saturated heterocycles. The van der Waals surface area contributed by atoms with Gasteiger partial charge in [0.2, 0.25) is 0 Å². The van der Waals surface area contributed by atoms with Gasteiger partial charge in [-0.25, -0.2) is 9.48 Å². The predicted molar refractivity (Wildman–Crippen MR) is 108 cm³/mol. The third-order valence-electron chi connectivity index (χ3n) is 4.74. The first-order valence-electron chi connectivity index (χ1n) is 9.50. The minimum atomic E-state index is -0.619. The van der Waals surface area contributed by atoms with Crippen LogP contribution >= 0.6 is 0 Å². The Morgan fingerprint density at radius 3 is 2.52 bits per heavy atom. The van der Waals surface area contributed by atoms with Crippen molar-refractivity contribution in [1.29, 1.82) is 0 Å². The van der Waals surface area contributed by atoms with Crippen molar-refractivity contribution in [3.63, 3.8) is 0 Å². The third kappa shape index (κ3) is 5.60. The number of methoxy groups -OCH3 is 2. The highest BCUT2D eigenvalue weighted by Gasteiger charge is 2.20. The number of nitrogens with zero attached hydrogens (tertiary/aromatic N) is 2. The van der Waals surface area contributed by atoms with E-state index < -0.39 is 11.9 Å². The largest absolute Gasteiger partial charge is 0.497 e. The summed E-state index contributed by atoms with van der Waals surface area (Å²) in [6, 6.07) is 7.29. The topological polar surface area (TPSA) is 91.7 Å². The molecule has 1 fully saturated rings. The van der Waals surface area contributed by atoms with Gasteiger partial charge >= 0.3 is 5.97 Å². The quantitative estimate of drug-likeness (QED) is 0.541. The molecule has 29 heavy (non-hydrogen) atoms. The maximum Gasteiger partial charge on any atom is 0.331 e. The highest BCUT2D eigenvalue weighted by Crippen LogP contribution is 2.31. The number of nitrogens with one attached hydrogen (secondary N) is 1. The molecule has 1 aliphatic rings. The van der Waals surface area contributed by atoms with Crippen LogP contribution in [0.15, 0.2) is 36.5 Å². The first-order chi connectivity index (χ1) is 14.1. The Kier molecular flexibility index (Phi) is 6.89. The van der Waals surface area contributed by atoms with Gasteiger partial charge in [-0.2, -0.15) is 5.10 Å². The molecule has 2 aromatic rings. The lowest BCUT2D eigenvalue weighted by Crippen LogP contribution is -2.22. The van der Waals surface area contributed by atoms with Crippen LogP contribution in [0.25, 0.3) is 6.08 Å². The molecule has 3 rings (SSSR count). The van der Waals surface area contributed by atoms with Crippen molar-refractivity contribution in [2.45, 2.75) is 31.7 Å². The Hall–Kier alpha value is -3.29. The maximum absolute atomic E-state index is 12.1. The van der Waals surface area contributed by atoms with E-state index in [1.165, 1.54) is 18.9 Å². The first kappa shape index (κ1) is 20.4. The number of carbonyl (C=O) groups is 2. The number of aromatic nitrogens is 2. The van der Waals surface area contributed by atoms with Crippen LogP contribution in [0.5, 0.6) is 11.5 Å². The summed E-state index contributed by atoms with van der Waals surface area (Å²) in [5.74, 6) is 0.809. The fraction of sp³-hybridized carbons (Fsp3) is 0.381. The summed E-state index contributed by atoms with van der Waals surface area (Å²) in [7, 11) is 3.10. The third-order valence-corrected chi connectivity index (χ3v) is 4.74. The molecule has 1 aliphatic carbocycles. The summed E-state index contributed by atoms with van der Waals surface area (Å²) in [4.78, 5) is 24.1. The van der Waals surface area contributed by atoms with Crippen molar-refractivity contribution in [3.05, 3.63) is 42.1 Å². The summed E-state index contributed by atoms with van der Waals surface area (Å²) in [6.45, 7) is -0.375. The van der Waals surface area contributed by atoms with Gasteiger partial charge in [-0.15, -0.1) is 0 Å². The standard InChI is InChI=1S/C21H25N3O5/c1-27-17-11-15(12-18(13-17)28-2)7-8-21(26)29-14-20(25)23-19-9-10-22-24(19)16-5-3-4-6-16/h7-13,16H,3-6,14H2,1-2H3,(H,23,25)/b8-7+. The highest BCUT2D eigenvalue weighted by molar-refractivity contribution is 5.94. The van der Waals surface area contributed by atoms with Crippen LogP contribution in [0.2, 0.25) is 0 Å². The number of hydrogen-bond acceptors (Lipinski definition) is 6. The van der Waals surface area contributed by atoms with Crippen molar-refractivity contribution in [1.82, 2.24) is 9.78 Å². The lowest BCUT2D eigenvalue weighted by atomic mass is 10.2. The molecule has 0 bridgehead atoms. The van der Waals surface area contributed by atoms with E-state index in [1.807, 2.05) is 4.68 Å². The van der Waals surface area contributed by atoms with Crippen molar-refractivity contribution in [3.8, 4) is 11.5 Å². The molecule has 0 aliphatic heterocycles. The Morgan fingerprint density at radius 1 is 1.17 bits per heavy atom. The van der Waals surface area contributed by atoms with E-state index in [0.717, 1.165) is 12.8 Å². The molecular weight excluding hydrogens is 374 g/mol. The normalized spacial score (nSPS) is 14.1. The molecular formula is C21H25N3O5. The Morgan fingerprint density at radius 2 is 1.86 bits per heavy atom. The molecule has 8 heteroatoms. The van der Waals surface area contributed by atoms with Crippen LogP contribution in [0.1, 0.15) is 37.3 Å². The summed E-state index contributed by atoms with van der Waals surface area (Å²) in [6.07, 6.45) is 8.93. The summed E-state index contributed by atoms with van der Waals surface area (Å²) in [5.41, 5.74) is 0.711. The Bertz CT molecular complexity index is 862. The molecule has 0 atom stereocenters. The van der Waals surface area contributed by atoms with Crippen molar-refractivity contribution in [2.75, 3.05) is 26.1 Å². The summed E-state index contributed by atoms with van der Waals surface area (Å²) < 4.78 is 17.2. The molecule has 1 saturated carbocycles. The van der Waals surface area contributed by atoms with E-state index in [2.05, 4.69) is 10.4 Å². The van der Waals surface area contributed by atoms with Gasteiger partial charge in [-0.1, -0.05) is 12.8 Å². The number of amides is 1. The molecule has 0 radical (unpaired) electrons. The lowest BCUT2D eigenvalue weighted by Gasteiger charge is -2.14. The summed E-state index contributed by atoms with van der Waals surface area (Å²) >= 11 is 0. The molecule has 1 aromatic heterocycles. The molecule has 1 N–H and O–H groups in total. The maximum atomic E-state index is 12.1. The molecule has 1 heterocycles. The zero-order chi connectivity index (χ0) is 20.6. The van der Waals surface area contributed by atoms with Crippen LogP contribution in [0, 0.1) is 0 Å². The SMILES string of the molecule is COc1cc(/C=C/C(=O)OCC(=O)Nc2ccnn2C2CCCC2)cc(OC)c1. The van der Waals surface area contributed by atoms with Gasteiger partial charge in [0.1, 0.15) is 17.3 Å². The average molecular weight is 399 g/mol. The highest BCUT2D eigenvalue weighted by atomic mass is 16.5. The smallest absolute Gasteiger partial charge is 0.331 e. The van der Waals surface area contributed by atoms with Crippen LogP contribution in [-0.2, 0) is 14.3 Å². The number of ether oxygens (including phenoxy) is 3. The fourth-order valence-corrected chi connectivity index (χ4v) is 3.31. The van der Waals surface area contributed by atoms with Gasteiger partial charge in [-0.3, -0.25) is 4.79 Å². The number of anilines is 1. The Balaban J connectivity index is 1.51. The monoisotopic (exact) mass is 399 g/mol. The molecule has 1 amide bonds. The summed E-state index contributed by atoms with van der Waals surface area (Å²) in [5, 5.41) is 7.05.